The summed E-state index contributed by atoms with van der Waals surface area (Å²) < 4.78 is 12.9. The number of hydrogen-bond donors (Lipinski definition) is 0. The molecule has 0 aliphatic carbocycles. The largest absolute Gasteiger partial charge is 0.363 e. The molecule has 118 valence electrons. The van der Waals surface area contributed by atoms with Crippen LogP contribution < -0.4 is 0 Å². The van der Waals surface area contributed by atoms with Gasteiger partial charge in [0.2, 0.25) is 0 Å². The maximum Gasteiger partial charge on any atom is 0.182 e. The van der Waals surface area contributed by atoms with Gasteiger partial charge in [0, 0.05) is 17.8 Å². The van der Waals surface area contributed by atoms with Crippen molar-refractivity contribution in [2.75, 3.05) is 6.54 Å². The fourth-order valence-corrected chi connectivity index (χ4v) is 2.68. The van der Waals surface area contributed by atoms with E-state index in [1.165, 1.54) is 37.8 Å². The lowest BCUT2D eigenvalue weighted by Crippen LogP contribution is -2.35. The van der Waals surface area contributed by atoms with E-state index in [0.29, 0.717) is 12.1 Å². The number of nitrogens with zero attached hydrogens (tertiary/aromatic N) is 1. The Morgan fingerprint density at radius 3 is 2.64 bits per heavy atom. The average Bonchev–Trinajstić information content (AvgIpc) is 2.53. The van der Waals surface area contributed by atoms with Gasteiger partial charge in [0.15, 0.2) is 5.78 Å². The first-order valence-electron chi connectivity index (χ1n) is 8.10. The lowest BCUT2D eigenvalue weighted by atomic mass is 10.0. The highest BCUT2D eigenvalue weighted by Gasteiger charge is 2.18. The van der Waals surface area contributed by atoms with Gasteiger partial charge in [0.1, 0.15) is 5.82 Å². The minimum atomic E-state index is -0.314. The van der Waals surface area contributed by atoms with Gasteiger partial charge in [0.25, 0.3) is 0 Å². The van der Waals surface area contributed by atoms with E-state index in [9.17, 15) is 9.18 Å². The van der Waals surface area contributed by atoms with Crippen LogP contribution in [0.15, 0.2) is 48.7 Å². The highest BCUT2D eigenvalue weighted by molar-refractivity contribution is 5.97. The van der Waals surface area contributed by atoms with Crippen LogP contribution in [0.3, 0.4) is 0 Å². The molecule has 1 aliphatic rings. The Kier molecular flexibility index (Phi) is 6.38. The number of Topliss-reactive ketones (excluding diaryl/α,β-unsaturated/α-hetero) is 1. The zero-order valence-corrected chi connectivity index (χ0v) is 13.2. The maximum absolute atomic E-state index is 12.9. The summed E-state index contributed by atoms with van der Waals surface area (Å²) in [4.78, 5) is 14.4. The molecule has 2 nitrogen and oxygen atoms in total. The van der Waals surface area contributed by atoms with Crippen LogP contribution in [0.2, 0.25) is 0 Å². The number of hydrogen-bond acceptors (Lipinski definition) is 2. The summed E-state index contributed by atoms with van der Waals surface area (Å²) in [5, 5.41) is 0. The molecule has 1 atom stereocenters. The first kappa shape index (κ1) is 16.5. The van der Waals surface area contributed by atoms with Gasteiger partial charge in [-0.25, -0.2) is 4.39 Å². The Morgan fingerprint density at radius 2 is 1.91 bits per heavy atom. The molecule has 2 rings (SSSR count). The van der Waals surface area contributed by atoms with Crippen LogP contribution >= 0.6 is 0 Å². The Bertz CT molecular complexity index is 533. The number of benzene rings is 1. The molecular formula is C19H24FNO. The van der Waals surface area contributed by atoms with E-state index in [-0.39, 0.29) is 17.6 Å². The third-order valence-electron chi connectivity index (χ3n) is 3.99. The third-order valence-corrected chi connectivity index (χ3v) is 3.99. The topological polar surface area (TPSA) is 20.3 Å². The molecule has 0 radical (unpaired) electrons. The molecule has 0 bridgehead atoms. The van der Waals surface area contributed by atoms with Crippen molar-refractivity contribution < 1.29 is 9.18 Å². The number of unbranched alkanes of at least 4 members (excludes halogenated alkanes) is 3. The normalized spacial score (nSPS) is 17.0. The quantitative estimate of drug-likeness (QED) is 0.511. The van der Waals surface area contributed by atoms with E-state index < -0.39 is 0 Å². The van der Waals surface area contributed by atoms with Gasteiger partial charge >= 0.3 is 0 Å². The van der Waals surface area contributed by atoms with Crippen molar-refractivity contribution in [2.45, 2.75) is 45.1 Å². The highest BCUT2D eigenvalue weighted by Crippen LogP contribution is 2.17. The third kappa shape index (κ3) is 4.83. The number of halogens is 1. The van der Waals surface area contributed by atoms with Crippen molar-refractivity contribution in [1.29, 1.82) is 0 Å². The first-order chi connectivity index (χ1) is 10.7. The zero-order chi connectivity index (χ0) is 15.8. The van der Waals surface area contributed by atoms with E-state index in [2.05, 4.69) is 17.9 Å². The molecule has 0 N–H and O–H groups in total. The second-order valence-electron chi connectivity index (χ2n) is 5.75. The molecule has 22 heavy (non-hydrogen) atoms. The van der Waals surface area contributed by atoms with Gasteiger partial charge in [-0.05, 0) is 36.8 Å². The van der Waals surface area contributed by atoms with Crippen LogP contribution in [0, 0.1) is 5.82 Å². The average molecular weight is 301 g/mol. The van der Waals surface area contributed by atoms with Gasteiger partial charge in [0.05, 0.1) is 6.54 Å². The van der Waals surface area contributed by atoms with Crippen molar-refractivity contribution in [3.8, 4) is 0 Å². The lowest BCUT2D eigenvalue weighted by molar-refractivity contribution is 0.0941. The van der Waals surface area contributed by atoms with E-state index in [1.807, 2.05) is 18.4 Å². The number of carbonyl (C=O) groups excluding carboxylic acids is 1. The predicted molar refractivity (Wildman–Crippen MR) is 88.3 cm³/mol. The van der Waals surface area contributed by atoms with Crippen molar-refractivity contribution >= 4 is 5.78 Å². The predicted octanol–water partition coefficient (Wildman–Crippen LogP) is 4.73. The number of allylic oxidation sites excluding steroid dienone is 2. The summed E-state index contributed by atoms with van der Waals surface area (Å²) in [6, 6.07) is 6.06. The molecule has 0 amide bonds. The molecule has 0 spiro atoms. The van der Waals surface area contributed by atoms with E-state index in [1.54, 1.807) is 12.1 Å². The maximum atomic E-state index is 12.9. The fraction of sp³-hybridized carbons (Fsp3) is 0.421. The second-order valence-corrected chi connectivity index (χ2v) is 5.75. The van der Waals surface area contributed by atoms with Gasteiger partial charge in [-0.2, -0.15) is 0 Å². The molecule has 0 saturated carbocycles. The second kappa shape index (κ2) is 8.52. The Labute approximate surface area is 132 Å². The highest BCUT2D eigenvalue weighted by atomic mass is 19.1. The van der Waals surface area contributed by atoms with E-state index in [4.69, 9.17) is 0 Å². The summed E-state index contributed by atoms with van der Waals surface area (Å²) in [6.07, 6.45) is 14.1. The number of rotatable bonds is 8. The van der Waals surface area contributed by atoms with Gasteiger partial charge < -0.3 is 4.90 Å². The Hall–Kier alpha value is -1.90. The Morgan fingerprint density at radius 1 is 1.14 bits per heavy atom. The number of carbonyl (C=O) groups is 1. The lowest BCUT2D eigenvalue weighted by Gasteiger charge is -2.30. The minimum absolute atomic E-state index is 0.0264. The number of ketones is 1. The molecule has 3 heteroatoms. The van der Waals surface area contributed by atoms with Crippen molar-refractivity contribution in [3.63, 3.8) is 0 Å². The fourth-order valence-electron chi connectivity index (χ4n) is 2.68. The minimum Gasteiger partial charge on any atom is -0.363 e. The van der Waals surface area contributed by atoms with E-state index >= 15 is 0 Å². The standard InChI is InChI=1S/C19H24FNO/c1-2-3-4-5-8-18-9-6-7-14-21(18)15-19(22)16-10-12-17(20)13-11-16/h6-7,9-14,18H,2-5,8,15H2,1H3. The van der Waals surface area contributed by atoms with Gasteiger partial charge in [-0.1, -0.05) is 44.8 Å². The molecule has 0 aromatic heterocycles. The first-order valence-corrected chi connectivity index (χ1v) is 8.10. The van der Waals surface area contributed by atoms with E-state index in [0.717, 1.165) is 6.42 Å². The summed E-state index contributed by atoms with van der Waals surface area (Å²) in [7, 11) is 0. The van der Waals surface area contributed by atoms with Gasteiger partial charge in [-0.15, -0.1) is 0 Å². The van der Waals surface area contributed by atoms with Crippen LogP contribution in [-0.4, -0.2) is 23.3 Å². The molecule has 1 unspecified atom stereocenters. The SMILES string of the molecule is CCCCCCC1C=CC=CN1CC(=O)c1ccc(F)cc1. The van der Waals surface area contributed by atoms with Crippen molar-refractivity contribution in [2.24, 2.45) is 0 Å². The molecule has 0 saturated heterocycles. The molecule has 0 fully saturated rings. The van der Waals surface area contributed by atoms with Crippen LogP contribution in [0.4, 0.5) is 4.39 Å². The van der Waals surface area contributed by atoms with Crippen LogP contribution in [-0.2, 0) is 0 Å². The zero-order valence-electron chi connectivity index (χ0n) is 13.2. The molecule has 1 aromatic carbocycles. The Balaban J connectivity index is 1.91. The van der Waals surface area contributed by atoms with Gasteiger partial charge in [-0.3, -0.25) is 4.79 Å². The summed E-state index contributed by atoms with van der Waals surface area (Å²) in [5.41, 5.74) is 0.564. The summed E-state index contributed by atoms with van der Waals surface area (Å²) >= 11 is 0. The van der Waals surface area contributed by atoms with Crippen LogP contribution in [0.25, 0.3) is 0 Å². The van der Waals surface area contributed by atoms with Crippen LogP contribution in [0.5, 0.6) is 0 Å². The smallest absolute Gasteiger partial charge is 0.182 e. The van der Waals surface area contributed by atoms with Crippen LogP contribution in [0.1, 0.15) is 49.4 Å². The molecule has 1 aliphatic heterocycles. The molecular weight excluding hydrogens is 277 g/mol. The van der Waals surface area contributed by atoms with Crippen molar-refractivity contribution in [1.82, 2.24) is 4.90 Å². The summed E-state index contributed by atoms with van der Waals surface area (Å²) in [6.45, 7) is 2.54. The monoisotopic (exact) mass is 301 g/mol. The molecule has 1 heterocycles. The molecule has 1 aromatic rings. The summed E-state index contributed by atoms with van der Waals surface area (Å²) in [5.74, 6) is -0.287. The van der Waals surface area contributed by atoms with Crippen molar-refractivity contribution in [3.05, 3.63) is 60.1 Å².